The Morgan fingerprint density at radius 2 is 2.26 bits per heavy atom. The topological polar surface area (TPSA) is 78.1 Å². The van der Waals surface area contributed by atoms with Crippen molar-refractivity contribution in [2.75, 3.05) is 19.6 Å². The number of aromatic nitrogens is 2. The Morgan fingerprint density at radius 3 is 2.95 bits per heavy atom. The first-order valence-electron chi connectivity index (χ1n) is 6.39. The predicted octanol–water partition coefficient (Wildman–Crippen LogP) is 0.376. The molecule has 0 aromatic carbocycles. The van der Waals surface area contributed by atoms with E-state index in [9.17, 15) is 8.42 Å². The molecule has 0 bridgehead atoms. The summed E-state index contributed by atoms with van der Waals surface area (Å²) in [6, 6.07) is 0.114. The van der Waals surface area contributed by atoms with Gasteiger partial charge in [0.1, 0.15) is 5.82 Å². The Morgan fingerprint density at radius 1 is 1.47 bits per heavy atom. The van der Waals surface area contributed by atoms with Gasteiger partial charge in [-0.15, -0.1) is 12.4 Å². The molecule has 2 atom stereocenters. The van der Waals surface area contributed by atoms with Crippen molar-refractivity contribution >= 4 is 22.4 Å². The molecule has 0 aliphatic carbocycles. The van der Waals surface area contributed by atoms with Crippen LogP contribution in [0, 0.1) is 5.92 Å². The van der Waals surface area contributed by atoms with Crippen molar-refractivity contribution in [1.82, 2.24) is 19.6 Å². The lowest BCUT2D eigenvalue weighted by atomic mass is 10.1. The smallest absolute Gasteiger partial charge is 0.260 e. The number of sulfonamides is 1. The molecule has 2 saturated heterocycles. The van der Waals surface area contributed by atoms with Gasteiger partial charge in [-0.1, -0.05) is 6.92 Å². The van der Waals surface area contributed by atoms with Crippen LogP contribution < -0.4 is 5.32 Å². The summed E-state index contributed by atoms with van der Waals surface area (Å²) in [5.74, 6) is 1.18. The standard InChI is InChI=1S/C11H18N4O2S.ClH/c1-2-10-13-7-11(14-10)18(16,17)15-4-3-8-5-12-6-9(8)15;/h7-9,12H,2-6H2,1H3,(H,13,14);1H/t8-,9+;/m0./s1. The molecule has 2 aliphatic rings. The fourth-order valence-corrected chi connectivity index (χ4v) is 4.52. The van der Waals surface area contributed by atoms with E-state index in [1.807, 2.05) is 6.92 Å². The van der Waals surface area contributed by atoms with Crippen LogP contribution in [0.1, 0.15) is 19.2 Å². The minimum atomic E-state index is -3.41. The van der Waals surface area contributed by atoms with Gasteiger partial charge in [-0.3, -0.25) is 0 Å². The molecule has 2 N–H and O–H groups in total. The number of hydrogen-bond acceptors (Lipinski definition) is 4. The van der Waals surface area contributed by atoms with E-state index in [4.69, 9.17) is 0 Å². The van der Waals surface area contributed by atoms with Crippen molar-refractivity contribution in [2.45, 2.75) is 30.8 Å². The average Bonchev–Trinajstić information content (AvgIpc) is 3.04. The quantitative estimate of drug-likeness (QED) is 0.846. The normalized spacial score (nSPS) is 27.2. The summed E-state index contributed by atoms with van der Waals surface area (Å²) < 4.78 is 26.7. The molecule has 3 heterocycles. The van der Waals surface area contributed by atoms with Gasteiger partial charge < -0.3 is 10.3 Å². The van der Waals surface area contributed by atoms with Gasteiger partial charge in [0.2, 0.25) is 0 Å². The average molecular weight is 307 g/mol. The second-order valence-corrected chi connectivity index (χ2v) is 6.80. The van der Waals surface area contributed by atoms with E-state index in [2.05, 4.69) is 15.3 Å². The number of H-pyrrole nitrogens is 1. The number of nitrogens with zero attached hydrogens (tertiary/aromatic N) is 2. The van der Waals surface area contributed by atoms with Crippen LogP contribution in [0.4, 0.5) is 0 Å². The van der Waals surface area contributed by atoms with Crippen molar-refractivity contribution in [3.63, 3.8) is 0 Å². The van der Waals surface area contributed by atoms with E-state index >= 15 is 0 Å². The van der Waals surface area contributed by atoms with E-state index in [1.54, 1.807) is 4.31 Å². The zero-order chi connectivity index (χ0) is 12.8. The summed E-state index contributed by atoms with van der Waals surface area (Å²) in [6.07, 6.45) is 3.10. The summed E-state index contributed by atoms with van der Waals surface area (Å²) in [4.78, 5) is 6.98. The van der Waals surface area contributed by atoms with Crippen LogP contribution in [0.2, 0.25) is 0 Å². The number of rotatable bonds is 3. The first kappa shape index (κ1) is 14.8. The Kier molecular flexibility index (Phi) is 4.20. The lowest BCUT2D eigenvalue weighted by Crippen LogP contribution is -2.39. The zero-order valence-electron chi connectivity index (χ0n) is 10.8. The van der Waals surface area contributed by atoms with Gasteiger partial charge in [0.15, 0.2) is 5.03 Å². The molecule has 8 heteroatoms. The van der Waals surface area contributed by atoms with Gasteiger partial charge in [-0.05, 0) is 18.9 Å². The van der Waals surface area contributed by atoms with Crippen molar-refractivity contribution in [3.8, 4) is 0 Å². The molecule has 0 radical (unpaired) electrons. The second kappa shape index (κ2) is 5.40. The van der Waals surface area contributed by atoms with Crippen LogP contribution in [-0.2, 0) is 16.4 Å². The maximum atomic E-state index is 12.5. The molecule has 19 heavy (non-hydrogen) atoms. The number of fused-ring (bicyclic) bond motifs is 1. The Hall–Kier alpha value is -0.630. The Balaban J connectivity index is 0.00000133. The summed E-state index contributed by atoms with van der Waals surface area (Å²) in [5.41, 5.74) is 0. The summed E-state index contributed by atoms with van der Waals surface area (Å²) >= 11 is 0. The molecule has 2 aliphatic heterocycles. The molecule has 3 rings (SSSR count). The number of aryl methyl sites for hydroxylation is 1. The van der Waals surface area contributed by atoms with E-state index in [0.29, 0.717) is 24.7 Å². The third-order valence-corrected chi connectivity index (χ3v) is 5.76. The van der Waals surface area contributed by atoms with Gasteiger partial charge in [-0.2, -0.15) is 4.31 Å². The summed E-state index contributed by atoms with van der Waals surface area (Å²) in [6.45, 7) is 4.26. The maximum absolute atomic E-state index is 12.5. The van der Waals surface area contributed by atoms with Crippen LogP contribution >= 0.6 is 12.4 Å². The maximum Gasteiger partial charge on any atom is 0.260 e. The fourth-order valence-electron chi connectivity index (χ4n) is 2.89. The molecule has 1 aromatic rings. The lowest BCUT2D eigenvalue weighted by Gasteiger charge is -2.21. The minimum Gasteiger partial charge on any atom is -0.332 e. The van der Waals surface area contributed by atoms with Gasteiger partial charge >= 0.3 is 0 Å². The first-order chi connectivity index (χ1) is 8.63. The summed E-state index contributed by atoms with van der Waals surface area (Å²) in [7, 11) is -3.41. The highest BCUT2D eigenvalue weighted by molar-refractivity contribution is 7.89. The van der Waals surface area contributed by atoms with Gasteiger partial charge in [0.05, 0.1) is 6.20 Å². The molecular formula is C11H19ClN4O2S. The second-order valence-electron chi connectivity index (χ2n) is 4.94. The minimum absolute atomic E-state index is 0. The lowest BCUT2D eigenvalue weighted by molar-refractivity contribution is 0.381. The van der Waals surface area contributed by atoms with Crippen molar-refractivity contribution in [2.24, 2.45) is 5.92 Å². The van der Waals surface area contributed by atoms with E-state index in [0.717, 1.165) is 19.5 Å². The van der Waals surface area contributed by atoms with Crippen LogP contribution in [-0.4, -0.2) is 48.4 Å². The highest BCUT2D eigenvalue weighted by Gasteiger charge is 2.44. The number of aromatic amines is 1. The number of nitrogens with one attached hydrogen (secondary N) is 2. The van der Waals surface area contributed by atoms with E-state index < -0.39 is 10.0 Å². The van der Waals surface area contributed by atoms with E-state index in [1.165, 1.54) is 6.20 Å². The third kappa shape index (κ3) is 2.40. The molecular weight excluding hydrogens is 288 g/mol. The van der Waals surface area contributed by atoms with Crippen LogP contribution in [0.5, 0.6) is 0 Å². The fraction of sp³-hybridized carbons (Fsp3) is 0.727. The van der Waals surface area contributed by atoms with Crippen LogP contribution in [0.3, 0.4) is 0 Å². The van der Waals surface area contributed by atoms with Gasteiger partial charge in [0.25, 0.3) is 10.0 Å². The Bertz CT molecular complexity index is 545. The van der Waals surface area contributed by atoms with E-state index in [-0.39, 0.29) is 23.5 Å². The monoisotopic (exact) mass is 306 g/mol. The van der Waals surface area contributed by atoms with Gasteiger partial charge in [0, 0.05) is 25.6 Å². The highest BCUT2D eigenvalue weighted by atomic mass is 35.5. The largest absolute Gasteiger partial charge is 0.332 e. The zero-order valence-corrected chi connectivity index (χ0v) is 12.4. The van der Waals surface area contributed by atoms with Crippen molar-refractivity contribution in [1.29, 1.82) is 0 Å². The third-order valence-electron chi connectivity index (χ3n) is 3.92. The highest BCUT2D eigenvalue weighted by Crippen LogP contribution is 2.31. The number of imidazole rings is 1. The number of hydrogen-bond donors (Lipinski definition) is 2. The number of halogens is 1. The SMILES string of the molecule is CCc1ncc(S(=O)(=O)N2CC[C@H]3CNC[C@H]32)[nH]1.Cl. The molecule has 108 valence electrons. The van der Waals surface area contributed by atoms with Crippen molar-refractivity contribution in [3.05, 3.63) is 12.0 Å². The molecule has 0 saturated carbocycles. The van der Waals surface area contributed by atoms with Crippen LogP contribution in [0.15, 0.2) is 11.2 Å². The first-order valence-corrected chi connectivity index (χ1v) is 7.83. The molecule has 2 fully saturated rings. The predicted molar refractivity (Wildman–Crippen MR) is 73.9 cm³/mol. The van der Waals surface area contributed by atoms with Crippen LogP contribution in [0.25, 0.3) is 0 Å². The Labute approximate surface area is 119 Å². The molecule has 0 spiro atoms. The van der Waals surface area contributed by atoms with Gasteiger partial charge in [-0.25, -0.2) is 13.4 Å². The molecule has 0 unspecified atom stereocenters. The molecule has 6 nitrogen and oxygen atoms in total. The molecule has 0 amide bonds. The van der Waals surface area contributed by atoms with Crippen molar-refractivity contribution < 1.29 is 8.42 Å². The molecule has 1 aromatic heterocycles. The summed E-state index contributed by atoms with van der Waals surface area (Å²) in [5, 5.41) is 3.49.